The third-order valence-corrected chi connectivity index (χ3v) is 3.08. The summed E-state index contributed by atoms with van der Waals surface area (Å²) in [6.45, 7) is 1.16. The van der Waals surface area contributed by atoms with Gasteiger partial charge in [0.1, 0.15) is 12.4 Å². The number of carbonyl (C=O) groups is 1. The number of ether oxygens (including phenoxy) is 1. The van der Waals surface area contributed by atoms with Crippen molar-refractivity contribution in [1.82, 2.24) is 5.32 Å². The Labute approximate surface area is 88.4 Å². The molecule has 1 aliphatic carbocycles. The maximum absolute atomic E-state index is 11.7. The SMILES string of the molecule is O=C1NCCOc2cc3c(cc21)CCC3. The van der Waals surface area contributed by atoms with Gasteiger partial charge in [-0.1, -0.05) is 0 Å². The van der Waals surface area contributed by atoms with Crippen LogP contribution in [0.4, 0.5) is 0 Å². The number of fused-ring (bicyclic) bond motifs is 2. The maximum atomic E-state index is 11.7. The van der Waals surface area contributed by atoms with E-state index in [1.165, 1.54) is 17.5 Å². The topological polar surface area (TPSA) is 38.3 Å². The summed E-state index contributed by atoms with van der Waals surface area (Å²) in [6, 6.07) is 4.04. The van der Waals surface area contributed by atoms with Gasteiger partial charge in [0.25, 0.3) is 5.91 Å². The molecule has 3 rings (SSSR count). The fraction of sp³-hybridized carbons (Fsp3) is 0.417. The number of hydrogen-bond acceptors (Lipinski definition) is 2. The Hall–Kier alpha value is -1.51. The molecule has 3 heteroatoms. The molecule has 2 aliphatic rings. The molecular weight excluding hydrogens is 190 g/mol. The minimum Gasteiger partial charge on any atom is -0.491 e. The molecular formula is C12H13NO2. The number of nitrogens with one attached hydrogen (secondary N) is 1. The molecule has 1 aromatic rings. The highest BCUT2D eigenvalue weighted by Crippen LogP contribution is 2.30. The third kappa shape index (κ3) is 1.39. The summed E-state index contributed by atoms with van der Waals surface area (Å²) >= 11 is 0. The van der Waals surface area contributed by atoms with Gasteiger partial charge in [0.05, 0.1) is 12.1 Å². The lowest BCUT2D eigenvalue weighted by molar-refractivity contribution is 0.0957. The van der Waals surface area contributed by atoms with E-state index in [1.807, 2.05) is 12.1 Å². The largest absolute Gasteiger partial charge is 0.491 e. The van der Waals surface area contributed by atoms with E-state index < -0.39 is 0 Å². The van der Waals surface area contributed by atoms with E-state index in [0.717, 1.165) is 18.6 Å². The fourth-order valence-electron chi connectivity index (χ4n) is 2.32. The first-order valence-electron chi connectivity index (χ1n) is 5.41. The number of aryl methyl sites for hydroxylation is 2. The second-order valence-corrected chi connectivity index (χ2v) is 4.07. The monoisotopic (exact) mass is 203 g/mol. The summed E-state index contributed by atoms with van der Waals surface area (Å²) in [5, 5.41) is 2.83. The zero-order valence-electron chi connectivity index (χ0n) is 8.51. The van der Waals surface area contributed by atoms with Gasteiger partial charge in [-0.15, -0.1) is 0 Å². The highest BCUT2D eigenvalue weighted by Gasteiger charge is 2.21. The van der Waals surface area contributed by atoms with Crippen LogP contribution in [0.1, 0.15) is 27.9 Å². The lowest BCUT2D eigenvalue weighted by Crippen LogP contribution is -2.24. The molecule has 15 heavy (non-hydrogen) atoms. The molecule has 0 spiro atoms. The van der Waals surface area contributed by atoms with E-state index in [2.05, 4.69) is 5.32 Å². The van der Waals surface area contributed by atoms with Crippen molar-refractivity contribution in [3.63, 3.8) is 0 Å². The van der Waals surface area contributed by atoms with Gasteiger partial charge in [0.2, 0.25) is 0 Å². The quantitative estimate of drug-likeness (QED) is 0.690. The van der Waals surface area contributed by atoms with Gasteiger partial charge in [-0.05, 0) is 42.5 Å². The van der Waals surface area contributed by atoms with Gasteiger partial charge in [-0.25, -0.2) is 0 Å². The summed E-state index contributed by atoms with van der Waals surface area (Å²) in [5.41, 5.74) is 3.37. The zero-order valence-corrected chi connectivity index (χ0v) is 8.51. The average Bonchev–Trinajstić information content (AvgIpc) is 2.62. The molecule has 0 fully saturated rings. The number of amides is 1. The Kier molecular flexibility index (Phi) is 1.91. The molecule has 0 unspecified atom stereocenters. The van der Waals surface area contributed by atoms with Crippen molar-refractivity contribution in [2.45, 2.75) is 19.3 Å². The van der Waals surface area contributed by atoms with Gasteiger partial charge >= 0.3 is 0 Å². The minimum absolute atomic E-state index is 0.00259. The van der Waals surface area contributed by atoms with Crippen LogP contribution in [0.5, 0.6) is 5.75 Å². The Bertz CT molecular complexity index is 426. The highest BCUT2D eigenvalue weighted by molar-refractivity contribution is 5.97. The summed E-state index contributed by atoms with van der Waals surface area (Å²) in [7, 11) is 0. The van der Waals surface area contributed by atoms with E-state index in [0.29, 0.717) is 18.7 Å². The Balaban J connectivity index is 2.13. The molecule has 0 bridgehead atoms. The van der Waals surface area contributed by atoms with Crippen LogP contribution in [0, 0.1) is 0 Å². The van der Waals surface area contributed by atoms with E-state index >= 15 is 0 Å². The number of rotatable bonds is 0. The van der Waals surface area contributed by atoms with Crippen molar-refractivity contribution in [2.24, 2.45) is 0 Å². The van der Waals surface area contributed by atoms with Crippen LogP contribution in [-0.4, -0.2) is 19.1 Å². The molecule has 1 amide bonds. The van der Waals surface area contributed by atoms with Crippen molar-refractivity contribution < 1.29 is 9.53 Å². The third-order valence-electron chi connectivity index (χ3n) is 3.08. The van der Waals surface area contributed by atoms with E-state index in [1.54, 1.807) is 0 Å². The van der Waals surface area contributed by atoms with Gasteiger partial charge in [0, 0.05) is 0 Å². The molecule has 1 N–H and O–H groups in total. The van der Waals surface area contributed by atoms with Crippen molar-refractivity contribution >= 4 is 5.91 Å². The number of carbonyl (C=O) groups excluding carboxylic acids is 1. The van der Waals surface area contributed by atoms with Crippen LogP contribution in [0.2, 0.25) is 0 Å². The molecule has 0 saturated heterocycles. The molecule has 78 valence electrons. The first-order chi connectivity index (χ1) is 7.34. The first-order valence-corrected chi connectivity index (χ1v) is 5.41. The smallest absolute Gasteiger partial charge is 0.255 e. The summed E-state index contributed by atoms with van der Waals surface area (Å²) in [4.78, 5) is 11.7. The average molecular weight is 203 g/mol. The Morgan fingerprint density at radius 2 is 2.00 bits per heavy atom. The zero-order chi connectivity index (χ0) is 10.3. The van der Waals surface area contributed by atoms with Crippen LogP contribution in [-0.2, 0) is 12.8 Å². The predicted octanol–water partition coefficient (Wildman–Crippen LogP) is 1.30. The molecule has 1 aromatic carbocycles. The number of benzene rings is 1. The van der Waals surface area contributed by atoms with E-state index in [9.17, 15) is 4.79 Å². The lowest BCUT2D eigenvalue weighted by Gasteiger charge is -2.08. The predicted molar refractivity (Wildman–Crippen MR) is 56.3 cm³/mol. The van der Waals surface area contributed by atoms with Gasteiger partial charge in [0.15, 0.2) is 0 Å². The van der Waals surface area contributed by atoms with Crippen LogP contribution >= 0.6 is 0 Å². The summed E-state index contributed by atoms with van der Waals surface area (Å²) < 4.78 is 5.56. The molecule has 0 aromatic heterocycles. The van der Waals surface area contributed by atoms with E-state index in [-0.39, 0.29) is 5.91 Å². The van der Waals surface area contributed by atoms with E-state index in [4.69, 9.17) is 4.74 Å². The normalized spacial score (nSPS) is 18.5. The van der Waals surface area contributed by atoms with Crippen molar-refractivity contribution in [2.75, 3.05) is 13.2 Å². The van der Waals surface area contributed by atoms with Crippen LogP contribution in [0.15, 0.2) is 12.1 Å². The lowest BCUT2D eigenvalue weighted by atomic mass is 10.0. The van der Waals surface area contributed by atoms with Crippen LogP contribution < -0.4 is 10.1 Å². The molecule has 0 radical (unpaired) electrons. The summed E-state index contributed by atoms with van der Waals surface area (Å²) in [5.74, 6) is 0.753. The second kappa shape index (κ2) is 3.26. The highest BCUT2D eigenvalue weighted by atomic mass is 16.5. The van der Waals surface area contributed by atoms with Gasteiger partial charge in [-0.2, -0.15) is 0 Å². The standard InChI is InChI=1S/C12H13NO2/c14-12-10-6-8-2-1-3-9(8)7-11(10)15-5-4-13-12/h6-7H,1-5H2,(H,13,14). The Morgan fingerprint density at radius 1 is 1.20 bits per heavy atom. The molecule has 1 aliphatic heterocycles. The maximum Gasteiger partial charge on any atom is 0.255 e. The van der Waals surface area contributed by atoms with Gasteiger partial charge in [-0.3, -0.25) is 4.79 Å². The Morgan fingerprint density at radius 3 is 2.87 bits per heavy atom. The van der Waals surface area contributed by atoms with Gasteiger partial charge < -0.3 is 10.1 Å². The first kappa shape index (κ1) is 8.77. The van der Waals surface area contributed by atoms with Crippen LogP contribution in [0.25, 0.3) is 0 Å². The second-order valence-electron chi connectivity index (χ2n) is 4.07. The van der Waals surface area contributed by atoms with Crippen molar-refractivity contribution in [3.05, 3.63) is 28.8 Å². The van der Waals surface area contributed by atoms with Crippen molar-refractivity contribution in [1.29, 1.82) is 0 Å². The minimum atomic E-state index is -0.00259. The molecule has 0 atom stereocenters. The van der Waals surface area contributed by atoms with Crippen molar-refractivity contribution in [3.8, 4) is 5.75 Å². The molecule has 3 nitrogen and oxygen atoms in total. The van der Waals surface area contributed by atoms with Crippen LogP contribution in [0.3, 0.4) is 0 Å². The molecule has 0 saturated carbocycles. The molecule has 1 heterocycles. The number of hydrogen-bond donors (Lipinski definition) is 1. The fourth-order valence-corrected chi connectivity index (χ4v) is 2.32. The summed E-state index contributed by atoms with van der Waals surface area (Å²) in [6.07, 6.45) is 3.41.